The van der Waals surface area contributed by atoms with Crippen molar-refractivity contribution < 1.29 is 19.1 Å². The molecule has 1 aliphatic rings. The van der Waals surface area contributed by atoms with Crippen LogP contribution in [0.25, 0.3) is 0 Å². The summed E-state index contributed by atoms with van der Waals surface area (Å²) in [5.41, 5.74) is 0. The normalized spacial score (nSPS) is 15.4. The molecule has 2 rings (SSSR count). The first-order chi connectivity index (χ1) is 10.7. The molecule has 0 spiro atoms. The molecule has 1 aliphatic heterocycles. The number of aromatic nitrogens is 1. The second kappa shape index (κ2) is 8.36. The van der Waals surface area contributed by atoms with Gasteiger partial charge in [-0.05, 0) is 13.0 Å². The van der Waals surface area contributed by atoms with Crippen LogP contribution >= 0.6 is 0 Å². The molecule has 1 aromatic rings. The van der Waals surface area contributed by atoms with Crippen molar-refractivity contribution in [3.63, 3.8) is 0 Å². The van der Waals surface area contributed by atoms with Gasteiger partial charge in [-0.25, -0.2) is 4.98 Å². The summed E-state index contributed by atoms with van der Waals surface area (Å²) in [6.07, 6.45) is 3.71. The molecule has 0 aliphatic carbocycles. The molecule has 0 atom stereocenters. The lowest BCUT2D eigenvalue weighted by Gasteiger charge is -2.32. The summed E-state index contributed by atoms with van der Waals surface area (Å²) in [5.74, 6) is 0.308. The minimum atomic E-state index is -0.316. The Kier molecular flexibility index (Phi) is 6.18. The van der Waals surface area contributed by atoms with E-state index in [9.17, 15) is 9.59 Å². The van der Waals surface area contributed by atoms with Crippen molar-refractivity contribution in [3.05, 3.63) is 24.4 Å². The van der Waals surface area contributed by atoms with Crippen molar-refractivity contribution in [2.45, 2.75) is 38.7 Å². The van der Waals surface area contributed by atoms with E-state index in [1.807, 2.05) is 18.2 Å². The number of hydrogen-bond acceptors (Lipinski definition) is 5. The molecule has 0 aromatic carbocycles. The number of pyridine rings is 1. The van der Waals surface area contributed by atoms with Gasteiger partial charge in [-0.1, -0.05) is 6.07 Å². The van der Waals surface area contributed by atoms with Crippen LogP contribution in [0.4, 0.5) is 0 Å². The maximum absolute atomic E-state index is 12.0. The van der Waals surface area contributed by atoms with Gasteiger partial charge >= 0.3 is 5.97 Å². The molecule has 0 N–H and O–H groups in total. The molecule has 0 unspecified atom stereocenters. The van der Waals surface area contributed by atoms with Crippen molar-refractivity contribution >= 4 is 11.9 Å². The molecule has 2 heterocycles. The van der Waals surface area contributed by atoms with E-state index < -0.39 is 0 Å². The third-order valence-corrected chi connectivity index (χ3v) is 3.57. The molecule has 1 aromatic heterocycles. The van der Waals surface area contributed by atoms with Crippen LogP contribution in [0.15, 0.2) is 24.4 Å². The minimum absolute atomic E-state index is 0.00402. The van der Waals surface area contributed by atoms with E-state index in [1.54, 1.807) is 18.0 Å². The zero-order valence-electron chi connectivity index (χ0n) is 12.9. The van der Waals surface area contributed by atoms with Gasteiger partial charge in [-0.2, -0.15) is 0 Å². The van der Waals surface area contributed by atoms with E-state index in [2.05, 4.69) is 4.98 Å². The first kappa shape index (κ1) is 16.3. The van der Waals surface area contributed by atoms with Crippen LogP contribution in [0, 0.1) is 0 Å². The van der Waals surface area contributed by atoms with Crippen molar-refractivity contribution in [3.8, 4) is 5.88 Å². The maximum Gasteiger partial charge on any atom is 0.306 e. The van der Waals surface area contributed by atoms with Gasteiger partial charge in [0, 0.05) is 44.6 Å². The molecule has 0 bridgehead atoms. The van der Waals surface area contributed by atoms with E-state index in [4.69, 9.17) is 9.47 Å². The highest BCUT2D eigenvalue weighted by Gasteiger charge is 2.24. The quantitative estimate of drug-likeness (QED) is 0.750. The lowest BCUT2D eigenvalue weighted by atomic mass is 10.1. The van der Waals surface area contributed by atoms with E-state index in [1.165, 1.54) is 0 Å². The number of rotatable bonds is 6. The monoisotopic (exact) mass is 306 g/mol. The van der Waals surface area contributed by atoms with Gasteiger partial charge < -0.3 is 14.4 Å². The average molecular weight is 306 g/mol. The van der Waals surface area contributed by atoms with Gasteiger partial charge in [-0.15, -0.1) is 0 Å². The minimum Gasteiger partial charge on any atom is -0.474 e. The van der Waals surface area contributed by atoms with E-state index in [0.29, 0.717) is 25.6 Å². The summed E-state index contributed by atoms with van der Waals surface area (Å²) < 4.78 is 10.6. The van der Waals surface area contributed by atoms with E-state index in [0.717, 1.165) is 12.8 Å². The molecular formula is C16H22N2O4. The Morgan fingerprint density at radius 1 is 1.27 bits per heavy atom. The summed E-state index contributed by atoms with van der Waals surface area (Å²) in [6, 6.07) is 5.56. The van der Waals surface area contributed by atoms with Gasteiger partial charge in [0.25, 0.3) is 0 Å². The van der Waals surface area contributed by atoms with Crippen molar-refractivity contribution in [1.29, 1.82) is 0 Å². The number of piperidine rings is 1. The topological polar surface area (TPSA) is 68.7 Å². The zero-order chi connectivity index (χ0) is 15.8. The van der Waals surface area contributed by atoms with E-state index in [-0.39, 0.29) is 30.8 Å². The number of amides is 1. The highest BCUT2D eigenvalue weighted by Crippen LogP contribution is 2.17. The Balaban J connectivity index is 1.70. The van der Waals surface area contributed by atoms with Crippen molar-refractivity contribution in [1.82, 2.24) is 9.88 Å². The third-order valence-electron chi connectivity index (χ3n) is 3.57. The number of carbonyl (C=O) groups is 2. The Labute approximate surface area is 130 Å². The lowest BCUT2D eigenvalue weighted by Crippen LogP contribution is -2.41. The summed E-state index contributed by atoms with van der Waals surface area (Å²) in [7, 11) is 0. The maximum atomic E-state index is 12.0. The van der Waals surface area contributed by atoms with Crippen molar-refractivity contribution in [2.75, 3.05) is 19.7 Å². The van der Waals surface area contributed by atoms with Crippen molar-refractivity contribution in [2.24, 2.45) is 0 Å². The van der Waals surface area contributed by atoms with Crippen LogP contribution in [-0.2, 0) is 14.3 Å². The first-order valence-electron chi connectivity index (χ1n) is 7.70. The van der Waals surface area contributed by atoms with Gasteiger partial charge in [0.05, 0.1) is 13.0 Å². The molecule has 6 nitrogen and oxygen atoms in total. The van der Waals surface area contributed by atoms with Crippen LogP contribution < -0.4 is 4.74 Å². The zero-order valence-corrected chi connectivity index (χ0v) is 12.9. The van der Waals surface area contributed by atoms with Crippen LogP contribution in [0.1, 0.15) is 32.6 Å². The summed E-state index contributed by atoms with van der Waals surface area (Å²) in [4.78, 5) is 29.2. The molecule has 120 valence electrons. The molecule has 1 amide bonds. The van der Waals surface area contributed by atoms with E-state index >= 15 is 0 Å². The smallest absolute Gasteiger partial charge is 0.306 e. The highest BCUT2D eigenvalue weighted by atomic mass is 16.5. The molecule has 1 saturated heterocycles. The molecule has 1 fully saturated rings. The Morgan fingerprint density at radius 3 is 2.68 bits per heavy atom. The van der Waals surface area contributed by atoms with Crippen LogP contribution in [0.5, 0.6) is 5.88 Å². The summed E-state index contributed by atoms with van der Waals surface area (Å²) >= 11 is 0. The van der Waals surface area contributed by atoms with Gasteiger partial charge in [0.1, 0.15) is 6.10 Å². The summed E-state index contributed by atoms with van der Waals surface area (Å²) in [5, 5.41) is 0. The second-order valence-electron chi connectivity index (χ2n) is 5.17. The van der Waals surface area contributed by atoms with Crippen LogP contribution in [-0.4, -0.2) is 47.6 Å². The molecular weight excluding hydrogens is 284 g/mol. The molecule has 0 radical (unpaired) electrons. The number of likely N-dealkylation sites (tertiary alicyclic amines) is 1. The van der Waals surface area contributed by atoms with Gasteiger partial charge in [0.2, 0.25) is 11.8 Å². The fraction of sp³-hybridized carbons (Fsp3) is 0.562. The third kappa shape index (κ3) is 5.02. The lowest BCUT2D eigenvalue weighted by molar-refractivity contribution is -0.146. The second-order valence-corrected chi connectivity index (χ2v) is 5.17. The molecule has 6 heteroatoms. The van der Waals surface area contributed by atoms with Crippen LogP contribution in [0.2, 0.25) is 0 Å². The molecule has 0 saturated carbocycles. The SMILES string of the molecule is CCOC(=O)CCC(=O)N1CCC(Oc2ccccn2)CC1. The van der Waals surface area contributed by atoms with Gasteiger partial charge in [0.15, 0.2) is 0 Å². The predicted octanol–water partition coefficient (Wildman–Crippen LogP) is 1.79. The number of carbonyl (C=O) groups excluding carboxylic acids is 2. The first-order valence-corrected chi connectivity index (χ1v) is 7.70. The standard InChI is InChI=1S/C16H22N2O4/c1-2-21-16(20)7-6-15(19)18-11-8-13(9-12-18)22-14-5-3-4-10-17-14/h3-5,10,13H,2,6-9,11-12H2,1H3. The fourth-order valence-corrected chi connectivity index (χ4v) is 2.41. The van der Waals surface area contributed by atoms with Gasteiger partial charge in [-0.3, -0.25) is 9.59 Å². The summed E-state index contributed by atoms with van der Waals surface area (Å²) in [6.45, 7) is 3.41. The average Bonchev–Trinajstić information content (AvgIpc) is 2.54. The fourth-order valence-electron chi connectivity index (χ4n) is 2.41. The number of esters is 1. The largest absolute Gasteiger partial charge is 0.474 e. The number of hydrogen-bond donors (Lipinski definition) is 0. The highest BCUT2D eigenvalue weighted by molar-refractivity contribution is 5.81. The Hall–Kier alpha value is -2.11. The number of ether oxygens (including phenoxy) is 2. The Morgan fingerprint density at radius 2 is 2.05 bits per heavy atom. The Bertz CT molecular complexity index is 484. The molecule has 22 heavy (non-hydrogen) atoms. The number of nitrogens with zero attached hydrogens (tertiary/aromatic N) is 2. The van der Waals surface area contributed by atoms with Crippen LogP contribution in [0.3, 0.4) is 0 Å². The predicted molar refractivity (Wildman–Crippen MR) is 80.3 cm³/mol.